The average molecular weight is 306 g/mol. The lowest BCUT2D eigenvalue weighted by Crippen LogP contribution is -2.52. The van der Waals surface area contributed by atoms with Crippen LogP contribution in [-0.2, 0) is 11.3 Å². The quantitative estimate of drug-likeness (QED) is 0.840. The highest BCUT2D eigenvalue weighted by molar-refractivity contribution is 8.00. The van der Waals surface area contributed by atoms with Gasteiger partial charge < -0.3 is 9.47 Å². The highest BCUT2D eigenvalue weighted by Gasteiger charge is 2.36. The van der Waals surface area contributed by atoms with Crippen molar-refractivity contribution in [2.45, 2.75) is 50.4 Å². The van der Waals surface area contributed by atoms with E-state index in [9.17, 15) is 9.59 Å². The van der Waals surface area contributed by atoms with Gasteiger partial charge in [0.05, 0.1) is 0 Å². The van der Waals surface area contributed by atoms with Crippen molar-refractivity contribution in [1.29, 1.82) is 0 Å². The van der Waals surface area contributed by atoms with Crippen molar-refractivity contribution >= 4 is 17.7 Å². The Labute approximate surface area is 129 Å². The van der Waals surface area contributed by atoms with Gasteiger partial charge in [-0.2, -0.15) is 11.8 Å². The predicted octanol–water partition coefficient (Wildman–Crippen LogP) is 2.04. The van der Waals surface area contributed by atoms with E-state index in [0.717, 1.165) is 24.3 Å². The number of pyridine rings is 1. The Balaban J connectivity index is 1.73. The zero-order valence-electron chi connectivity index (χ0n) is 12.5. The molecular formula is C16H22N2O2S. The minimum atomic E-state index is -0.0880. The fourth-order valence-corrected chi connectivity index (χ4v) is 4.82. The third-order valence-corrected chi connectivity index (χ3v) is 5.91. The van der Waals surface area contributed by atoms with Crippen LogP contribution >= 0.6 is 11.8 Å². The van der Waals surface area contributed by atoms with Gasteiger partial charge in [0.1, 0.15) is 6.54 Å². The molecule has 2 heterocycles. The number of hydrogen-bond donors (Lipinski definition) is 0. The third-order valence-electron chi connectivity index (χ3n) is 4.51. The first-order chi connectivity index (χ1) is 10.1. The fraction of sp³-hybridized carbons (Fsp3) is 0.625. The van der Waals surface area contributed by atoms with Crippen LogP contribution in [0.4, 0.5) is 0 Å². The number of carbonyl (C=O) groups excluding carboxylic acids is 1. The molecule has 1 aliphatic carbocycles. The first kappa shape index (κ1) is 14.7. The number of amides is 1. The average Bonchev–Trinajstić information content (AvgIpc) is 2.49. The van der Waals surface area contributed by atoms with Gasteiger partial charge in [-0.15, -0.1) is 0 Å². The molecule has 0 unspecified atom stereocenters. The van der Waals surface area contributed by atoms with E-state index in [4.69, 9.17) is 0 Å². The van der Waals surface area contributed by atoms with Crippen LogP contribution in [0.5, 0.6) is 0 Å². The molecule has 4 nitrogen and oxygen atoms in total. The number of aryl methyl sites for hydroxylation is 1. The van der Waals surface area contributed by atoms with Crippen LogP contribution in [0.1, 0.15) is 31.2 Å². The maximum absolute atomic E-state index is 12.6. The molecule has 2 atom stereocenters. The van der Waals surface area contributed by atoms with Gasteiger partial charge in [0.15, 0.2) is 0 Å². The van der Waals surface area contributed by atoms with Gasteiger partial charge >= 0.3 is 0 Å². The van der Waals surface area contributed by atoms with Gasteiger partial charge in [0, 0.05) is 35.9 Å². The molecule has 5 heteroatoms. The number of fused-ring (bicyclic) bond motifs is 1. The second-order valence-corrected chi connectivity index (χ2v) is 7.37. The summed E-state index contributed by atoms with van der Waals surface area (Å²) in [6, 6.07) is 3.85. The lowest BCUT2D eigenvalue weighted by atomic mass is 9.93. The summed E-state index contributed by atoms with van der Waals surface area (Å²) in [5.41, 5.74) is 0.848. The normalized spacial score (nSPS) is 25.5. The molecule has 1 saturated heterocycles. The van der Waals surface area contributed by atoms with Crippen molar-refractivity contribution in [3.05, 3.63) is 34.2 Å². The number of nitrogens with zero attached hydrogens (tertiary/aromatic N) is 2. The SMILES string of the molecule is Cc1ccn(CC(=O)N2CCS[C@H]3CCCC[C@H]32)c(=O)c1. The van der Waals surface area contributed by atoms with Crippen LogP contribution in [0.3, 0.4) is 0 Å². The molecule has 0 radical (unpaired) electrons. The molecule has 1 amide bonds. The summed E-state index contributed by atoms with van der Waals surface area (Å²) in [7, 11) is 0. The summed E-state index contributed by atoms with van der Waals surface area (Å²) in [5, 5.41) is 0.603. The van der Waals surface area contributed by atoms with E-state index >= 15 is 0 Å². The number of carbonyl (C=O) groups is 1. The lowest BCUT2D eigenvalue weighted by molar-refractivity contribution is -0.134. The summed E-state index contributed by atoms with van der Waals surface area (Å²) in [5.74, 6) is 1.12. The highest BCUT2D eigenvalue weighted by Crippen LogP contribution is 2.35. The Kier molecular flexibility index (Phi) is 4.38. The number of thioether (sulfide) groups is 1. The molecule has 114 valence electrons. The van der Waals surface area contributed by atoms with Gasteiger partial charge in [-0.1, -0.05) is 12.8 Å². The smallest absolute Gasteiger partial charge is 0.251 e. The summed E-state index contributed by atoms with van der Waals surface area (Å²) >= 11 is 2.02. The number of aromatic nitrogens is 1. The van der Waals surface area contributed by atoms with Crippen molar-refractivity contribution in [1.82, 2.24) is 9.47 Å². The van der Waals surface area contributed by atoms with E-state index in [-0.39, 0.29) is 18.0 Å². The minimum absolute atomic E-state index is 0.0880. The van der Waals surface area contributed by atoms with E-state index in [0.29, 0.717) is 11.3 Å². The molecule has 21 heavy (non-hydrogen) atoms. The largest absolute Gasteiger partial charge is 0.336 e. The molecule has 1 aromatic rings. The Bertz CT molecular complexity index is 582. The van der Waals surface area contributed by atoms with Crippen LogP contribution in [0, 0.1) is 6.92 Å². The fourth-order valence-electron chi connectivity index (χ4n) is 3.38. The van der Waals surface area contributed by atoms with Gasteiger partial charge in [0.2, 0.25) is 5.91 Å². The summed E-state index contributed by atoms with van der Waals surface area (Å²) in [6.45, 7) is 2.89. The third kappa shape index (κ3) is 3.18. The summed E-state index contributed by atoms with van der Waals surface area (Å²) in [4.78, 5) is 26.6. The molecule has 1 aliphatic heterocycles. The Hall–Kier alpha value is -1.23. The van der Waals surface area contributed by atoms with Crippen molar-refractivity contribution < 1.29 is 4.79 Å². The maximum atomic E-state index is 12.6. The van der Waals surface area contributed by atoms with Crippen molar-refractivity contribution in [3.8, 4) is 0 Å². The topological polar surface area (TPSA) is 42.3 Å². The maximum Gasteiger partial charge on any atom is 0.251 e. The van der Waals surface area contributed by atoms with Gasteiger partial charge in [-0.3, -0.25) is 9.59 Å². The lowest BCUT2D eigenvalue weighted by Gasteiger charge is -2.43. The highest BCUT2D eigenvalue weighted by atomic mass is 32.2. The Morgan fingerprint density at radius 2 is 2.19 bits per heavy atom. The first-order valence-electron chi connectivity index (χ1n) is 7.73. The van der Waals surface area contributed by atoms with E-state index in [2.05, 4.69) is 0 Å². The number of rotatable bonds is 2. The summed E-state index contributed by atoms with van der Waals surface area (Å²) < 4.78 is 1.52. The minimum Gasteiger partial charge on any atom is -0.336 e. The monoisotopic (exact) mass is 306 g/mol. The molecule has 0 spiro atoms. The zero-order valence-corrected chi connectivity index (χ0v) is 13.3. The molecule has 2 aliphatic rings. The van der Waals surface area contributed by atoms with Crippen LogP contribution < -0.4 is 5.56 Å². The van der Waals surface area contributed by atoms with Crippen LogP contribution in [0.15, 0.2) is 23.1 Å². The van der Waals surface area contributed by atoms with E-state index in [1.165, 1.54) is 23.8 Å². The van der Waals surface area contributed by atoms with Crippen LogP contribution in [0.25, 0.3) is 0 Å². The molecule has 0 bridgehead atoms. The molecule has 1 saturated carbocycles. The zero-order chi connectivity index (χ0) is 14.8. The van der Waals surface area contributed by atoms with E-state index < -0.39 is 0 Å². The molecule has 1 aromatic heterocycles. The van der Waals surface area contributed by atoms with Crippen LogP contribution in [0.2, 0.25) is 0 Å². The van der Waals surface area contributed by atoms with Gasteiger partial charge in [0.25, 0.3) is 5.56 Å². The van der Waals surface area contributed by atoms with Crippen LogP contribution in [-0.4, -0.2) is 39.0 Å². The number of hydrogen-bond acceptors (Lipinski definition) is 3. The Morgan fingerprint density at radius 1 is 1.38 bits per heavy atom. The van der Waals surface area contributed by atoms with Crippen molar-refractivity contribution in [2.75, 3.05) is 12.3 Å². The molecule has 2 fully saturated rings. The molecule has 0 aromatic carbocycles. The second-order valence-electron chi connectivity index (χ2n) is 6.02. The standard InChI is InChI=1S/C16H22N2O2S/c1-12-6-7-17(15(19)10-12)11-16(20)18-8-9-21-14-5-3-2-4-13(14)18/h6-7,10,13-14H,2-5,8-9,11H2,1H3/t13-,14+/m1/s1. The molecule has 0 N–H and O–H groups in total. The molecular weight excluding hydrogens is 284 g/mol. The first-order valence-corrected chi connectivity index (χ1v) is 8.78. The summed E-state index contributed by atoms with van der Waals surface area (Å²) in [6.07, 6.45) is 6.58. The van der Waals surface area contributed by atoms with E-state index in [1.807, 2.05) is 29.7 Å². The van der Waals surface area contributed by atoms with E-state index in [1.54, 1.807) is 12.3 Å². The van der Waals surface area contributed by atoms with Crippen molar-refractivity contribution in [3.63, 3.8) is 0 Å². The second kappa shape index (κ2) is 6.26. The van der Waals surface area contributed by atoms with Gasteiger partial charge in [-0.05, 0) is 31.4 Å². The predicted molar refractivity (Wildman–Crippen MR) is 85.7 cm³/mol. The molecule has 3 rings (SSSR count). The Morgan fingerprint density at radius 3 is 3.00 bits per heavy atom. The van der Waals surface area contributed by atoms with Crippen molar-refractivity contribution in [2.24, 2.45) is 0 Å². The van der Waals surface area contributed by atoms with Gasteiger partial charge in [-0.25, -0.2) is 0 Å².